The monoisotopic (exact) mass is 226 g/mol. The SMILES string of the molecule is CC(=O)NCC=Cc1ncc(Cl)nc1N. The van der Waals surface area contributed by atoms with Crippen molar-refractivity contribution in [2.24, 2.45) is 0 Å². The van der Waals surface area contributed by atoms with Gasteiger partial charge in [0.15, 0.2) is 5.82 Å². The summed E-state index contributed by atoms with van der Waals surface area (Å²) in [5.74, 6) is 0.177. The van der Waals surface area contributed by atoms with E-state index in [1.165, 1.54) is 13.1 Å². The zero-order valence-electron chi connectivity index (χ0n) is 8.20. The van der Waals surface area contributed by atoms with Crippen LogP contribution in [0.25, 0.3) is 6.08 Å². The summed E-state index contributed by atoms with van der Waals surface area (Å²) in [5.41, 5.74) is 6.10. The molecule has 0 aliphatic rings. The third-order valence-corrected chi connectivity index (χ3v) is 1.73. The van der Waals surface area contributed by atoms with Gasteiger partial charge in [-0.25, -0.2) is 9.97 Å². The molecule has 0 radical (unpaired) electrons. The molecule has 80 valence electrons. The van der Waals surface area contributed by atoms with Gasteiger partial charge in [-0.15, -0.1) is 0 Å². The van der Waals surface area contributed by atoms with Crippen LogP contribution in [0.4, 0.5) is 5.82 Å². The molecule has 0 fully saturated rings. The molecule has 0 aliphatic carbocycles. The summed E-state index contributed by atoms with van der Waals surface area (Å²) in [5, 5.41) is 2.86. The normalized spacial score (nSPS) is 10.5. The summed E-state index contributed by atoms with van der Waals surface area (Å²) in [7, 11) is 0. The average molecular weight is 227 g/mol. The van der Waals surface area contributed by atoms with Gasteiger partial charge in [-0.2, -0.15) is 0 Å². The van der Waals surface area contributed by atoms with Crippen molar-refractivity contribution in [3.8, 4) is 0 Å². The fourth-order valence-corrected chi connectivity index (χ4v) is 1.03. The highest BCUT2D eigenvalue weighted by Crippen LogP contribution is 2.10. The van der Waals surface area contributed by atoms with Crippen molar-refractivity contribution in [1.82, 2.24) is 15.3 Å². The van der Waals surface area contributed by atoms with Crippen molar-refractivity contribution in [3.05, 3.63) is 23.1 Å². The molecule has 6 heteroatoms. The summed E-state index contributed by atoms with van der Waals surface area (Å²) >= 11 is 5.59. The van der Waals surface area contributed by atoms with Crippen molar-refractivity contribution < 1.29 is 4.79 Å². The second-order valence-electron chi connectivity index (χ2n) is 2.80. The largest absolute Gasteiger partial charge is 0.382 e. The van der Waals surface area contributed by atoms with Crippen LogP contribution in [0.3, 0.4) is 0 Å². The zero-order chi connectivity index (χ0) is 11.3. The summed E-state index contributed by atoms with van der Waals surface area (Å²) in [6.07, 6.45) is 4.82. The highest BCUT2D eigenvalue weighted by atomic mass is 35.5. The van der Waals surface area contributed by atoms with Gasteiger partial charge in [0.2, 0.25) is 5.91 Å². The molecule has 5 nitrogen and oxygen atoms in total. The van der Waals surface area contributed by atoms with Gasteiger partial charge in [-0.3, -0.25) is 4.79 Å². The van der Waals surface area contributed by atoms with Gasteiger partial charge in [-0.1, -0.05) is 17.7 Å². The van der Waals surface area contributed by atoms with Crippen molar-refractivity contribution in [2.75, 3.05) is 12.3 Å². The first-order chi connectivity index (χ1) is 7.09. The number of carbonyl (C=O) groups excluding carboxylic acids is 1. The third kappa shape index (κ3) is 3.95. The van der Waals surface area contributed by atoms with E-state index in [4.69, 9.17) is 17.3 Å². The van der Waals surface area contributed by atoms with Crippen LogP contribution in [-0.4, -0.2) is 22.4 Å². The second kappa shape index (κ2) is 5.31. The van der Waals surface area contributed by atoms with E-state index in [1.54, 1.807) is 12.2 Å². The number of nitrogens with zero attached hydrogens (tertiary/aromatic N) is 2. The molecule has 1 rings (SSSR count). The quantitative estimate of drug-likeness (QED) is 0.801. The zero-order valence-corrected chi connectivity index (χ0v) is 8.95. The van der Waals surface area contributed by atoms with Gasteiger partial charge < -0.3 is 11.1 Å². The van der Waals surface area contributed by atoms with Gasteiger partial charge in [0.05, 0.1) is 6.20 Å². The molecule has 3 N–H and O–H groups in total. The van der Waals surface area contributed by atoms with Crippen LogP contribution in [0.15, 0.2) is 12.3 Å². The predicted molar refractivity (Wildman–Crippen MR) is 59.2 cm³/mol. The fourth-order valence-electron chi connectivity index (χ4n) is 0.892. The van der Waals surface area contributed by atoms with E-state index in [0.717, 1.165) is 0 Å². The van der Waals surface area contributed by atoms with E-state index in [-0.39, 0.29) is 16.9 Å². The number of carbonyl (C=O) groups is 1. The van der Waals surface area contributed by atoms with Gasteiger partial charge in [-0.05, 0) is 6.08 Å². The molecule has 0 bridgehead atoms. The summed E-state index contributed by atoms with van der Waals surface area (Å²) in [4.78, 5) is 18.4. The Labute approximate surface area is 92.4 Å². The van der Waals surface area contributed by atoms with Crippen LogP contribution in [0.2, 0.25) is 5.15 Å². The number of aromatic nitrogens is 2. The number of halogens is 1. The molecule has 0 spiro atoms. The first kappa shape index (κ1) is 11.5. The Bertz CT molecular complexity index is 392. The van der Waals surface area contributed by atoms with Gasteiger partial charge >= 0.3 is 0 Å². The highest BCUT2D eigenvalue weighted by Gasteiger charge is 1.98. The Morgan fingerprint density at radius 3 is 3.07 bits per heavy atom. The minimum Gasteiger partial charge on any atom is -0.382 e. The molecule has 1 heterocycles. The number of hydrogen-bond donors (Lipinski definition) is 2. The number of nitrogens with one attached hydrogen (secondary N) is 1. The Morgan fingerprint density at radius 2 is 2.47 bits per heavy atom. The van der Waals surface area contributed by atoms with Crippen molar-refractivity contribution in [3.63, 3.8) is 0 Å². The second-order valence-corrected chi connectivity index (χ2v) is 3.19. The first-order valence-electron chi connectivity index (χ1n) is 4.28. The standard InChI is InChI=1S/C9H11ClN4O/c1-6(15)12-4-2-3-7-9(11)14-8(10)5-13-7/h2-3,5H,4H2,1H3,(H2,11,14)(H,12,15). The highest BCUT2D eigenvalue weighted by molar-refractivity contribution is 6.29. The van der Waals surface area contributed by atoms with Crippen LogP contribution in [0.1, 0.15) is 12.6 Å². The number of rotatable bonds is 3. The molecule has 0 saturated carbocycles. The average Bonchev–Trinajstić information content (AvgIpc) is 2.14. The number of anilines is 1. The molecule has 15 heavy (non-hydrogen) atoms. The smallest absolute Gasteiger partial charge is 0.217 e. The molecule has 0 aromatic carbocycles. The van der Waals surface area contributed by atoms with Crippen molar-refractivity contribution >= 4 is 29.4 Å². The fraction of sp³-hybridized carbons (Fsp3) is 0.222. The van der Waals surface area contributed by atoms with Crippen LogP contribution in [0, 0.1) is 0 Å². The Balaban J connectivity index is 2.60. The number of amides is 1. The summed E-state index contributed by atoms with van der Waals surface area (Å²) in [6.45, 7) is 1.88. The van der Waals surface area contributed by atoms with Gasteiger partial charge in [0.1, 0.15) is 10.8 Å². The van der Waals surface area contributed by atoms with Crippen LogP contribution in [-0.2, 0) is 4.79 Å². The molecule has 0 saturated heterocycles. The molecule has 1 amide bonds. The van der Waals surface area contributed by atoms with Gasteiger partial charge in [0, 0.05) is 13.5 Å². The third-order valence-electron chi connectivity index (χ3n) is 1.54. The summed E-state index contributed by atoms with van der Waals surface area (Å²) < 4.78 is 0. The van der Waals surface area contributed by atoms with E-state index in [0.29, 0.717) is 12.2 Å². The van der Waals surface area contributed by atoms with E-state index in [9.17, 15) is 4.79 Å². The maximum atomic E-state index is 10.6. The van der Waals surface area contributed by atoms with Crippen molar-refractivity contribution in [2.45, 2.75) is 6.92 Å². The lowest BCUT2D eigenvalue weighted by molar-refractivity contribution is -0.118. The molecule has 0 aliphatic heterocycles. The Morgan fingerprint density at radius 1 is 1.73 bits per heavy atom. The van der Waals surface area contributed by atoms with E-state index < -0.39 is 0 Å². The lowest BCUT2D eigenvalue weighted by Crippen LogP contribution is -2.19. The minimum absolute atomic E-state index is 0.0881. The topological polar surface area (TPSA) is 80.9 Å². The molecule has 0 atom stereocenters. The maximum Gasteiger partial charge on any atom is 0.217 e. The lowest BCUT2D eigenvalue weighted by atomic mass is 10.3. The lowest BCUT2D eigenvalue weighted by Gasteiger charge is -1.98. The van der Waals surface area contributed by atoms with Crippen LogP contribution >= 0.6 is 11.6 Å². The predicted octanol–water partition coefficient (Wildman–Crippen LogP) is 0.862. The summed E-state index contributed by atoms with van der Waals surface area (Å²) in [6, 6.07) is 0. The van der Waals surface area contributed by atoms with E-state index >= 15 is 0 Å². The first-order valence-corrected chi connectivity index (χ1v) is 4.66. The molecular formula is C9H11ClN4O. The van der Waals surface area contributed by atoms with Crippen molar-refractivity contribution in [1.29, 1.82) is 0 Å². The van der Waals surface area contributed by atoms with E-state index in [1.807, 2.05) is 0 Å². The molecule has 1 aromatic rings. The number of hydrogen-bond acceptors (Lipinski definition) is 4. The Hall–Kier alpha value is -1.62. The molecule has 1 aromatic heterocycles. The van der Waals surface area contributed by atoms with Crippen LogP contribution < -0.4 is 11.1 Å². The molecular weight excluding hydrogens is 216 g/mol. The van der Waals surface area contributed by atoms with Gasteiger partial charge in [0.25, 0.3) is 0 Å². The van der Waals surface area contributed by atoms with Crippen LogP contribution in [0.5, 0.6) is 0 Å². The molecule has 0 unspecified atom stereocenters. The number of nitrogen functional groups attached to an aromatic ring is 1. The Kier molecular flexibility index (Phi) is 4.05. The van der Waals surface area contributed by atoms with E-state index in [2.05, 4.69) is 15.3 Å². The minimum atomic E-state index is -0.0881. The number of nitrogens with two attached hydrogens (primary N) is 1. The maximum absolute atomic E-state index is 10.6.